The molecule has 2 atom stereocenters. The summed E-state index contributed by atoms with van der Waals surface area (Å²) in [5.41, 5.74) is 2.65. The van der Waals surface area contributed by atoms with E-state index < -0.39 is 0 Å². The highest BCUT2D eigenvalue weighted by Gasteiger charge is 2.31. The number of anilines is 1. The maximum absolute atomic E-state index is 4.16. The first-order valence-corrected chi connectivity index (χ1v) is 8.78. The number of fused-ring (bicyclic) bond motifs is 1. The number of thiophene rings is 1. The Balaban J connectivity index is 1.66. The van der Waals surface area contributed by atoms with Gasteiger partial charge in [-0.15, -0.1) is 11.3 Å². The topological polar surface area (TPSA) is 55.6 Å². The van der Waals surface area contributed by atoms with Gasteiger partial charge in [0.05, 0.1) is 12.1 Å². The Morgan fingerprint density at radius 1 is 1.22 bits per heavy atom. The third-order valence-corrected chi connectivity index (χ3v) is 5.40. The zero-order chi connectivity index (χ0) is 15.8. The third-order valence-electron chi connectivity index (χ3n) is 4.43. The molecule has 2 aromatic heterocycles. The predicted octanol–water partition coefficient (Wildman–Crippen LogP) is 4.00. The molecule has 1 aliphatic rings. The zero-order valence-electron chi connectivity index (χ0n) is 13.2. The Labute approximate surface area is 139 Å². The van der Waals surface area contributed by atoms with Crippen molar-refractivity contribution in [1.82, 2.24) is 20.2 Å². The lowest BCUT2D eigenvalue weighted by molar-refractivity contribution is 0.429. The Morgan fingerprint density at radius 3 is 2.74 bits per heavy atom. The van der Waals surface area contributed by atoms with Crippen molar-refractivity contribution < 1.29 is 0 Å². The first-order valence-electron chi connectivity index (χ1n) is 7.90. The number of aromatic nitrogens is 4. The number of rotatable bonds is 3. The molecule has 6 heteroatoms. The summed E-state index contributed by atoms with van der Waals surface area (Å²) in [5, 5.41) is 17.7. The molecule has 0 spiro atoms. The second-order valence-corrected chi connectivity index (χ2v) is 7.21. The van der Waals surface area contributed by atoms with E-state index in [-0.39, 0.29) is 12.1 Å². The van der Waals surface area contributed by atoms with Crippen molar-refractivity contribution in [2.24, 2.45) is 0 Å². The highest BCUT2D eigenvalue weighted by molar-refractivity contribution is 7.10. The molecule has 23 heavy (non-hydrogen) atoms. The van der Waals surface area contributed by atoms with Crippen molar-refractivity contribution in [1.29, 1.82) is 0 Å². The minimum Gasteiger partial charge on any atom is -0.346 e. The van der Waals surface area contributed by atoms with Crippen LogP contribution in [0, 0.1) is 0 Å². The molecule has 3 heterocycles. The van der Waals surface area contributed by atoms with Gasteiger partial charge >= 0.3 is 0 Å². The lowest BCUT2D eigenvalue weighted by Gasteiger charge is -2.30. The van der Waals surface area contributed by atoms with Gasteiger partial charge in [0.25, 0.3) is 0 Å². The molecule has 0 saturated heterocycles. The zero-order valence-corrected chi connectivity index (χ0v) is 14.0. The van der Waals surface area contributed by atoms with E-state index in [0.29, 0.717) is 5.92 Å². The van der Waals surface area contributed by atoms with Crippen LogP contribution in [-0.4, -0.2) is 20.2 Å². The Kier molecular flexibility index (Phi) is 3.61. The predicted molar refractivity (Wildman–Crippen MR) is 91.8 cm³/mol. The molecule has 0 saturated carbocycles. The molecule has 0 aliphatic carbocycles. The Bertz CT molecular complexity index is 776. The van der Waals surface area contributed by atoms with Gasteiger partial charge in [-0.25, -0.2) is 4.68 Å². The summed E-state index contributed by atoms with van der Waals surface area (Å²) in [4.78, 5) is 1.30. The van der Waals surface area contributed by atoms with Crippen LogP contribution in [0.3, 0.4) is 0 Å². The summed E-state index contributed by atoms with van der Waals surface area (Å²) in [6, 6.07) is 13.5. The number of nitrogens with one attached hydrogen (secondary N) is 1. The van der Waals surface area contributed by atoms with E-state index >= 15 is 0 Å². The fraction of sp³-hybridized carbons (Fsp3) is 0.353. The van der Waals surface area contributed by atoms with E-state index in [1.54, 1.807) is 11.3 Å². The highest BCUT2D eigenvalue weighted by Crippen LogP contribution is 2.38. The van der Waals surface area contributed by atoms with Crippen LogP contribution < -0.4 is 5.32 Å². The summed E-state index contributed by atoms with van der Waals surface area (Å²) >= 11 is 1.76. The van der Waals surface area contributed by atoms with E-state index in [0.717, 1.165) is 12.4 Å². The van der Waals surface area contributed by atoms with E-state index in [1.807, 2.05) is 4.68 Å². The van der Waals surface area contributed by atoms with Gasteiger partial charge in [-0.2, -0.15) is 0 Å². The molecule has 0 fully saturated rings. The lowest BCUT2D eigenvalue weighted by Crippen LogP contribution is -2.27. The smallest absolute Gasteiger partial charge is 0.244 e. The van der Waals surface area contributed by atoms with E-state index in [1.165, 1.54) is 16.0 Å². The number of hydrogen-bond acceptors (Lipinski definition) is 5. The molecule has 5 nitrogen and oxygen atoms in total. The van der Waals surface area contributed by atoms with E-state index in [9.17, 15) is 0 Å². The molecule has 0 bridgehead atoms. The Morgan fingerprint density at radius 2 is 2.04 bits per heavy atom. The number of nitrogens with zero attached hydrogens (tertiary/aromatic N) is 4. The summed E-state index contributed by atoms with van der Waals surface area (Å²) in [7, 11) is 0. The van der Waals surface area contributed by atoms with E-state index in [4.69, 9.17) is 0 Å². The van der Waals surface area contributed by atoms with Crippen molar-refractivity contribution >= 4 is 17.3 Å². The van der Waals surface area contributed by atoms with Crippen molar-refractivity contribution in [2.75, 3.05) is 5.32 Å². The van der Waals surface area contributed by atoms with Crippen LogP contribution in [0.1, 0.15) is 54.3 Å². The van der Waals surface area contributed by atoms with Crippen LogP contribution in [0.5, 0.6) is 0 Å². The lowest BCUT2D eigenvalue weighted by atomic mass is 9.94. The number of tetrazole rings is 1. The maximum atomic E-state index is 4.16. The van der Waals surface area contributed by atoms with Gasteiger partial charge in [0, 0.05) is 4.88 Å². The monoisotopic (exact) mass is 325 g/mol. The van der Waals surface area contributed by atoms with Crippen LogP contribution in [-0.2, 0) is 0 Å². The van der Waals surface area contributed by atoms with E-state index in [2.05, 4.69) is 76.5 Å². The van der Waals surface area contributed by atoms with Gasteiger partial charge in [-0.05, 0) is 45.3 Å². The first-order chi connectivity index (χ1) is 11.2. The normalized spacial score (nSPS) is 20.3. The van der Waals surface area contributed by atoms with Crippen LogP contribution in [0.2, 0.25) is 0 Å². The minimum atomic E-state index is 0.191. The largest absolute Gasteiger partial charge is 0.346 e. The summed E-state index contributed by atoms with van der Waals surface area (Å²) in [5.74, 6) is 1.29. The minimum absolute atomic E-state index is 0.191. The van der Waals surface area contributed by atoms with Crippen LogP contribution in [0.15, 0.2) is 41.8 Å². The van der Waals surface area contributed by atoms with Gasteiger partial charge in [-0.1, -0.05) is 49.3 Å². The number of benzene rings is 1. The van der Waals surface area contributed by atoms with Gasteiger partial charge in [0.1, 0.15) is 0 Å². The van der Waals surface area contributed by atoms with Crippen LogP contribution >= 0.6 is 11.3 Å². The van der Waals surface area contributed by atoms with Crippen LogP contribution in [0.4, 0.5) is 5.95 Å². The molecule has 1 aromatic carbocycles. The summed E-state index contributed by atoms with van der Waals surface area (Å²) < 4.78 is 1.89. The quantitative estimate of drug-likeness (QED) is 0.790. The molecule has 1 aliphatic heterocycles. The number of hydrogen-bond donors (Lipinski definition) is 1. The summed E-state index contributed by atoms with van der Waals surface area (Å²) in [6.07, 6.45) is 0.944. The fourth-order valence-electron chi connectivity index (χ4n) is 3.09. The van der Waals surface area contributed by atoms with Crippen molar-refractivity contribution in [3.05, 3.63) is 57.8 Å². The molecule has 1 N–H and O–H groups in total. The molecular weight excluding hydrogens is 306 g/mol. The van der Waals surface area contributed by atoms with Gasteiger partial charge in [0.2, 0.25) is 5.95 Å². The molecule has 0 radical (unpaired) electrons. The average Bonchev–Trinajstić information content (AvgIpc) is 3.25. The van der Waals surface area contributed by atoms with Crippen molar-refractivity contribution in [3.63, 3.8) is 0 Å². The first kappa shape index (κ1) is 14.4. The van der Waals surface area contributed by atoms with Gasteiger partial charge in [0.15, 0.2) is 0 Å². The maximum Gasteiger partial charge on any atom is 0.244 e. The third kappa shape index (κ3) is 2.63. The van der Waals surface area contributed by atoms with Gasteiger partial charge < -0.3 is 5.32 Å². The fourth-order valence-corrected chi connectivity index (χ4v) is 3.91. The molecule has 118 valence electrons. The SMILES string of the molecule is CC(C)c1ccc(C2CC(c3cccs3)n3nnnc3N2)cc1. The van der Waals surface area contributed by atoms with Crippen molar-refractivity contribution in [2.45, 2.75) is 38.3 Å². The molecule has 2 unspecified atom stereocenters. The standard InChI is InChI=1S/C17H19N5S/c1-11(2)12-5-7-13(8-6-12)14-10-15(16-4-3-9-23-16)22-17(18-14)19-20-21-22/h3-9,11,14-15H,10H2,1-2H3,(H,18,19,21). The molecular formula is C17H19N5S. The van der Waals surface area contributed by atoms with Crippen LogP contribution in [0.25, 0.3) is 0 Å². The molecule has 0 amide bonds. The second kappa shape index (κ2) is 5.77. The highest BCUT2D eigenvalue weighted by atomic mass is 32.1. The van der Waals surface area contributed by atoms with Gasteiger partial charge in [-0.3, -0.25) is 0 Å². The molecule has 4 rings (SSSR count). The van der Waals surface area contributed by atoms with Crippen molar-refractivity contribution in [3.8, 4) is 0 Å². The second-order valence-electron chi connectivity index (χ2n) is 6.23. The Hall–Kier alpha value is -2.21. The summed E-state index contributed by atoms with van der Waals surface area (Å²) in [6.45, 7) is 4.43. The molecule has 3 aromatic rings. The average molecular weight is 325 g/mol.